The minimum atomic E-state index is -4.45. The number of ether oxygens (including phenoxy) is 1. The fourth-order valence-electron chi connectivity index (χ4n) is 1.35. The maximum absolute atomic E-state index is 11.9. The van der Waals surface area contributed by atoms with Crippen molar-refractivity contribution < 1.29 is 27.8 Å². The highest BCUT2D eigenvalue weighted by Crippen LogP contribution is 2.21. The Morgan fingerprint density at radius 2 is 2.06 bits per heavy atom. The van der Waals surface area contributed by atoms with Crippen LogP contribution in [0.1, 0.15) is 21.6 Å². The largest absolute Gasteiger partial charge is 0.478 e. The average molecular weight is 249 g/mol. The van der Waals surface area contributed by atoms with Gasteiger partial charge in [-0.25, -0.2) is 9.78 Å². The Bertz CT molecular complexity index is 420. The smallest absolute Gasteiger partial charge is 0.422 e. The van der Waals surface area contributed by atoms with Crippen molar-refractivity contribution in [1.82, 2.24) is 4.98 Å². The van der Waals surface area contributed by atoms with Crippen LogP contribution in [0.15, 0.2) is 6.07 Å². The fraction of sp³-hybridized carbons (Fsp3) is 0.400. The van der Waals surface area contributed by atoms with Crippen molar-refractivity contribution in [2.24, 2.45) is 0 Å². The lowest BCUT2D eigenvalue weighted by Gasteiger charge is -2.11. The number of carboxylic acids is 1. The lowest BCUT2D eigenvalue weighted by molar-refractivity contribution is -0.154. The van der Waals surface area contributed by atoms with Gasteiger partial charge >= 0.3 is 12.1 Å². The molecule has 4 nitrogen and oxygen atoms in total. The number of pyridine rings is 1. The summed E-state index contributed by atoms with van der Waals surface area (Å²) in [5, 5.41) is 8.84. The SMILES string of the molecule is Cc1cc(OCC(F)(F)F)nc(C)c1C(=O)O. The van der Waals surface area contributed by atoms with E-state index in [9.17, 15) is 18.0 Å². The second-order valence-electron chi connectivity index (χ2n) is 3.45. The zero-order chi connectivity index (χ0) is 13.2. The third-order valence-electron chi connectivity index (χ3n) is 1.97. The van der Waals surface area contributed by atoms with Crippen molar-refractivity contribution in [2.75, 3.05) is 6.61 Å². The van der Waals surface area contributed by atoms with Crippen LogP contribution in [0, 0.1) is 13.8 Å². The number of alkyl halides is 3. The zero-order valence-corrected chi connectivity index (χ0v) is 9.13. The van der Waals surface area contributed by atoms with E-state index in [-0.39, 0.29) is 17.1 Å². The van der Waals surface area contributed by atoms with Crippen molar-refractivity contribution in [3.63, 3.8) is 0 Å². The van der Waals surface area contributed by atoms with Gasteiger partial charge in [-0.1, -0.05) is 0 Å². The Kier molecular flexibility index (Phi) is 3.59. The van der Waals surface area contributed by atoms with Gasteiger partial charge in [-0.05, 0) is 19.4 Å². The van der Waals surface area contributed by atoms with Crippen LogP contribution >= 0.6 is 0 Å². The zero-order valence-electron chi connectivity index (χ0n) is 9.13. The fourth-order valence-corrected chi connectivity index (χ4v) is 1.35. The van der Waals surface area contributed by atoms with Crippen molar-refractivity contribution in [3.8, 4) is 5.88 Å². The monoisotopic (exact) mass is 249 g/mol. The van der Waals surface area contributed by atoms with E-state index in [0.29, 0.717) is 5.56 Å². The van der Waals surface area contributed by atoms with Crippen LogP contribution in [0.4, 0.5) is 13.2 Å². The van der Waals surface area contributed by atoms with Gasteiger partial charge in [0.2, 0.25) is 5.88 Å². The number of rotatable bonds is 3. The van der Waals surface area contributed by atoms with E-state index in [4.69, 9.17) is 5.11 Å². The van der Waals surface area contributed by atoms with Gasteiger partial charge in [0.05, 0.1) is 11.3 Å². The summed E-state index contributed by atoms with van der Waals surface area (Å²) in [4.78, 5) is 14.5. The normalized spacial score (nSPS) is 11.4. The summed E-state index contributed by atoms with van der Waals surface area (Å²) in [7, 11) is 0. The molecular formula is C10H10F3NO3. The molecule has 0 radical (unpaired) electrons. The van der Waals surface area contributed by atoms with E-state index in [1.807, 2.05) is 0 Å². The highest BCUT2D eigenvalue weighted by Gasteiger charge is 2.29. The molecule has 0 aliphatic heterocycles. The molecule has 0 saturated heterocycles. The Morgan fingerprint density at radius 3 is 2.47 bits per heavy atom. The summed E-state index contributed by atoms with van der Waals surface area (Å²) in [5.41, 5.74) is 0.404. The minimum absolute atomic E-state index is 0.0237. The number of aryl methyl sites for hydroxylation is 2. The highest BCUT2D eigenvalue weighted by atomic mass is 19.4. The number of nitrogens with zero attached hydrogens (tertiary/aromatic N) is 1. The Balaban J connectivity index is 2.95. The first kappa shape index (κ1) is 13.3. The van der Waals surface area contributed by atoms with E-state index in [0.717, 1.165) is 0 Å². The lowest BCUT2D eigenvalue weighted by atomic mass is 10.1. The summed E-state index contributed by atoms with van der Waals surface area (Å²) >= 11 is 0. The molecule has 0 aromatic carbocycles. The summed E-state index contributed by atoms with van der Waals surface area (Å²) in [5.74, 6) is -1.41. The highest BCUT2D eigenvalue weighted by molar-refractivity contribution is 5.90. The van der Waals surface area contributed by atoms with Crippen LogP contribution in [0.2, 0.25) is 0 Å². The van der Waals surface area contributed by atoms with Gasteiger partial charge in [0, 0.05) is 6.07 Å². The first-order valence-corrected chi connectivity index (χ1v) is 4.62. The molecule has 1 N–H and O–H groups in total. The first-order valence-electron chi connectivity index (χ1n) is 4.62. The van der Waals surface area contributed by atoms with Crippen molar-refractivity contribution in [3.05, 3.63) is 22.9 Å². The lowest BCUT2D eigenvalue weighted by Crippen LogP contribution is -2.20. The third kappa shape index (κ3) is 3.61. The Hall–Kier alpha value is -1.79. The molecule has 1 aromatic heterocycles. The number of carboxylic acid groups (broad SMARTS) is 1. The van der Waals surface area contributed by atoms with E-state index < -0.39 is 18.8 Å². The van der Waals surface area contributed by atoms with E-state index >= 15 is 0 Å². The Labute approximate surface area is 95.0 Å². The maximum Gasteiger partial charge on any atom is 0.422 e. The summed E-state index contributed by atoms with van der Waals surface area (Å²) in [6.07, 6.45) is -4.45. The average Bonchev–Trinajstić information content (AvgIpc) is 2.11. The first-order chi connectivity index (χ1) is 7.70. The number of hydrogen-bond donors (Lipinski definition) is 1. The number of hydrogen-bond acceptors (Lipinski definition) is 3. The van der Waals surface area contributed by atoms with Gasteiger partial charge in [0.1, 0.15) is 0 Å². The van der Waals surface area contributed by atoms with Crippen LogP contribution in [-0.2, 0) is 0 Å². The third-order valence-corrected chi connectivity index (χ3v) is 1.97. The van der Waals surface area contributed by atoms with Gasteiger partial charge < -0.3 is 9.84 Å². The molecule has 94 valence electrons. The molecule has 0 saturated carbocycles. The number of aromatic nitrogens is 1. The topological polar surface area (TPSA) is 59.4 Å². The second kappa shape index (κ2) is 4.60. The molecule has 7 heteroatoms. The van der Waals surface area contributed by atoms with Gasteiger partial charge in [-0.3, -0.25) is 0 Å². The quantitative estimate of drug-likeness (QED) is 0.893. The molecule has 0 spiro atoms. The molecule has 0 unspecified atom stereocenters. The van der Waals surface area contributed by atoms with Crippen LogP contribution in [-0.4, -0.2) is 28.8 Å². The predicted molar refractivity (Wildman–Crippen MR) is 52.2 cm³/mol. The predicted octanol–water partition coefficient (Wildman–Crippen LogP) is 2.34. The van der Waals surface area contributed by atoms with Gasteiger partial charge in [0.25, 0.3) is 0 Å². The van der Waals surface area contributed by atoms with Gasteiger partial charge in [-0.2, -0.15) is 13.2 Å². The molecular weight excluding hydrogens is 239 g/mol. The number of aromatic carboxylic acids is 1. The van der Waals surface area contributed by atoms with Gasteiger partial charge in [0.15, 0.2) is 6.61 Å². The molecule has 0 amide bonds. The molecule has 0 fully saturated rings. The van der Waals surface area contributed by atoms with E-state index in [1.54, 1.807) is 0 Å². The molecule has 0 atom stereocenters. The van der Waals surface area contributed by atoms with Crippen LogP contribution in [0.3, 0.4) is 0 Å². The van der Waals surface area contributed by atoms with Crippen LogP contribution in [0.5, 0.6) is 5.88 Å². The van der Waals surface area contributed by atoms with E-state index in [1.165, 1.54) is 19.9 Å². The molecule has 1 rings (SSSR count). The summed E-state index contributed by atoms with van der Waals surface area (Å²) < 4.78 is 40.1. The van der Waals surface area contributed by atoms with Crippen molar-refractivity contribution >= 4 is 5.97 Å². The standard InChI is InChI=1S/C10H10F3NO3/c1-5-3-7(17-4-10(11,12)13)14-6(2)8(5)9(15)16/h3H,4H2,1-2H3,(H,15,16). The number of halogens is 3. The summed E-state index contributed by atoms with van der Waals surface area (Å²) in [6.45, 7) is 1.42. The van der Waals surface area contributed by atoms with Gasteiger partial charge in [-0.15, -0.1) is 0 Å². The van der Waals surface area contributed by atoms with Crippen molar-refractivity contribution in [1.29, 1.82) is 0 Å². The Morgan fingerprint density at radius 1 is 1.47 bits per heavy atom. The minimum Gasteiger partial charge on any atom is -0.478 e. The summed E-state index contributed by atoms with van der Waals surface area (Å²) in [6, 6.07) is 1.17. The molecule has 0 aliphatic carbocycles. The number of carbonyl (C=O) groups is 1. The molecule has 0 bridgehead atoms. The molecule has 0 aliphatic rings. The second-order valence-corrected chi connectivity index (χ2v) is 3.45. The molecule has 17 heavy (non-hydrogen) atoms. The molecule has 1 aromatic rings. The molecule has 1 heterocycles. The van der Waals surface area contributed by atoms with Crippen LogP contribution < -0.4 is 4.74 Å². The van der Waals surface area contributed by atoms with Crippen molar-refractivity contribution in [2.45, 2.75) is 20.0 Å². The van der Waals surface area contributed by atoms with Crippen LogP contribution in [0.25, 0.3) is 0 Å². The maximum atomic E-state index is 11.9. The van der Waals surface area contributed by atoms with E-state index in [2.05, 4.69) is 9.72 Å².